The van der Waals surface area contributed by atoms with Crippen molar-refractivity contribution in [1.29, 1.82) is 31.6 Å². The molecule has 3 aromatic rings. The van der Waals surface area contributed by atoms with Gasteiger partial charge in [0, 0.05) is 28.2 Å². The summed E-state index contributed by atoms with van der Waals surface area (Å²) in [4.78, 5) is 2.21. The summed E-state index contributed by atoms with van der Waals surface area (Å²) in [5.41, 5.74) is 4.82. The predicted molar refractivity (Wildman–Crippen MR) is 358 cm³/mol. The van der Waals surface area contributed by atoms with Gasteiger partial charge in [-0.25, -0.2) is 0 Å². The van der Waals surface area contributed by atoms with E-state index in [-0.39, 0.29) is 33.8 Å². The third-order valence-electron chi connectivity index (χ3n) is 17.6. The zero-order valence-electron chi connectivity index (χ0n) is 53.7. The third-order valence-corrected chi connectivity index (χ3v) is 17.6. The van der Waals surface area contributed by atoms with Gasteiger partial charge in [-0.1, -0.05) is 274 Å². The molecular formula is C78H101N7O2. The number of para-hydroxylation sites is 1. The van der Waals surface area contributed by atoms with E-state index < -0.39 is 11.2 Å². The molecule has 2 aliphatic rings. The largest absolute Gasteiger partial charge is 0.479 e. The van der Waals surface area contributed by atoms with Gasteiger partial charge < -0.3 is 14.4 Å². The quantitative estimate of drug-likeness (QED) is 0.0396. The van der Waals surface area contributed by atoms with Gasteiger partial charge in [0.2, 0.25) is 0 Å². The standard InChI is InChI=1S/C78H101N7O2/c1-5-9-13-17-21-25-29-36-54-77(55-37-30-26-22-18-14-10-6-2)73(71(62-83)75(86-77)66(58-79)59-80)52-46-64-42-48-69(49-43-64)85(68-40-34-33-35-41-68)70-50-44-65(45-51-70)47-53-74-72(63-84)76(67(60-81)61-82)87-78(74,56-38-31-27-23-19-15-11-7-3)57-39-32-28-24-20-16-12-8-4/h33-35,40-53H,5-32,36-39,54-57H2,1-4H3/b52-46+,53-47+. The summed E-state index contributed by atoms with van der Waals surface area (Å²) in [5, 5.41) is 62.2. The van der Waals surface area contributed by atoms with Crippen LogP contribution < -0.4 is 4.90 Å². The normalized spacial score (nSPS) is 14.1. The minimum Gasteiger partial charge on any atom is -0.479 e. The van der Waals surface area contributed by atoms with Crippen LogP contribution in [0.2, 0.25) is 0 Å². The Morgan fingerprint density at radius 2 is 0.609 bits per heavy atom. The van der Waals surface area contributed by atoms with Gasteiger partial charge in [0.25, 0.3) is 0 Å². The number of ether oxygens (including phenoxy) is 2. The maximum absolute atomic E-state index is 10.8. The Bertz CT molecular complexity index is 2750. The maximum atomic E-state index is 10.8. The van der Waals surface area contributed by atoms with Gasteiger partial charge in [-0.05, 0) is 98.9 Å². The fraction of sp³-hybridized carbons (Fsp3) is 0.538. The van der Waals surface area contributed by atoms with Crippen molar-refractivity contribution in [3.63, 3.8) is 0 Å². The van der Waals surface area contributed by atoms with Crippen molar-refractivity contribution in [1.82, 2.24) is 0 Å². The maximum Gasteiger partial charge on any atom is 0.172 e. The van der Waals surface area contributed by atoms with E-state index in [0.717, 1.165) is 116 Å². The van der Waals surface area contributed by atoms with Crippen molar-refractivity contribution in [2.24, 2.45) is 0 Å². The molecule has 0 aromatic heterocycles. The van der Waals surface area contributed by atoms with E-state index in [2.05, 4.69) is 105 Å². The fourth-order valence-corrected chi connectivity index (χ4v) is 12.6. The Morgan fingerprint density at radius 3 is 0.874 bits per heavy atom. The van der Waals surface area contributed by atoms with Gasteiger partial charge in [-0.3, -0.25) is 0 Å². The fourth-order valence-electron chi connectivity index (χ4n) is 12.6. The van der Waals surface area contributed by atoms with Crippen molar-refractivity contribution >= 4 is 29.2 Å². The predicted octanol–water partition coefficient (Wildman–Crippen LogP) is 23.1. The molecule has 0 spiro atoms. The summed E-state index contributed by atoms with van der Waals surface area (Å²) < 4.78 is 13.7. The lowest BCUT2D eigenvalue weighted by atomic mass is 9.81. The van der Waals surface area contributed by atoms with E-state index in [1.807, 2.05) is 66.8 Å². The van der Waals surface area contributed by atoms with Gasteiger partial charge in [-0.2, -0.15) is 31.6 Å². The molecule has 0 unspecified atom stereocenters. The number of nitriles is 6. The first-order chi connectivity index (χ1) is 42.8. The second kappa shape index (κ2) is 40.8. The molecule has 3 aromatic carbocycles. The van der Waals surface area contributed by atoms with Crippen LogP contribution in [0.1, 0.15) is 270 Å². The monoisotopic (exact) mass is 1170 g/mol. The van der Waals surface area contributed by atoms with Gasteiger partial charge in [0.1, 0.15) is 58.8 Å². The minimum atomic E-state index is -0.827. The van der Waals surface area contributed by atoms with Crippen molar-refractivity contribution in [3.8, 4) is 36.4 Å². The summed E-state index contributed by atoms with van der Waals surface area (Å²) in [7, 11) is 0. The minimum absolute atomic E-state index is 0.112. The molecule has 2 aliphatic heterocycles. The molecule has 0 atom stereocenters. The van der Waals surface area contributed by atoms with Crippen molar-refractivity contribution in [2.45, 2.75) is 270 Å². The average molecular weight is 1170 g/mol. The van der Waals surface area contributed by atoms with E-state index in [0.29, 0.717) is 25.7 Å². The second-order valence-corrected chi connectivity index (χ2v) is 24.3. The Morgan fingerprint density at radius 1 is 0.345 bits per heavy atom. The molecule has 460 valence electrons. The molecule has 2 heterocycles. The molecule has 0 radical (unpaired) electrons. The first-order valence-electron chi connectivity index (χ1n) is 33.9. The zero-order valence-corrected chi connectivity index (χ0v) is 53.7. The number of anilines is 3. The molecule has 0 aliphatic carbocycles. The summed E-state index contributed by atoms with van der Waals surface area (Å²) in [5.74, 6) is 0.223. The number of nitrogens with zero attached hydrogens (tertiary/aromatic N) is 7. The smallest absolute Gasteiger partial charge is 0.172 e. The summed E-state index contributed by atoms with van der Waals surface area (Å²) in [6, 6.07) is 39.9. The third kappa shape index (κ3) is 22.0. The number of rotatable bonds is 43. The van der Waals surface area contributed by atoms with E-state index in [1.165, 1.54) is 128 Å². The Hall–Kier alpha value is -7.56. The molecule has 0 bridgehead atoms. The lowest BCUT2D eigenvalue weighted by molar-refractivity contribution is 0.0383. The molecule has 5 rings (SSSR count). The van der Waals surface area contributed by atoms with Gasteiger partial charge in [0.15, 0.2) is 22.7 Å². The molecule has 0 fully saturated rings. The Labute approximate surface area is 526 Å². The zero-order chi connectivity index (χ0) is 62.2. The van der Waals surface area contributed by atoms with Crippen LogP contribution in [-0.4, -0.2) is 11.2 Å². The lowest BCUT2D eigenvalue weighted by Crippen LogP contribution is -2.31. The first-order valence-corrected chi connectivity index (χ1v) is 33.9. The highest BCUT2D eigenvalue weighted by Gasteiger charge is 2.46. The van der Waals surface area contributed by atoms with Gasteiger partial charge in [0.05, 0.1) is 0 Å². The van der Waals surface area contributed by atoms with E-state index in [9.17, 15) is 31.6 Å². The highest BCUT2D eigenvalue weighted by molar-refractivity contribution is 5.78. The number of hydrogen-bond acceptors (Lipinski definition) is 9. The molecule has 0 saturated carbocycles. The summed E-state index contributed by atoms with van der Waals surface area (Å²) in [6.45, 7) is 8.97. The van der Waals surface area contributed by atoms with Crippen LogP contribution in [0.3, 0.4) is 0 Å². The molecule has 9 heteroatoms. The van der Waals surface area contributed by atoms with Crippen LogP contribution in [0, 0.1) is 68.0 Å². The molecule has 0 saturated heterocycles. The second-order valence-electron chi connectivity index (χ2n) is 24.3. The molecule has 9 nitrogen and oxygen atoms in total. The lowest BCUT2D eigenvalue weighted by Gasteiger charge is -2.31. The number of allylic oxidation sites excluding steroid dienone is 4. The highest BCUT2D eigenvalue weighted by Crippen LogP contribution is 2.49. The van der Waals surface area contributed by atoms with Crippen LogP contribution in [0.15, 0.2) is 136 Å². The molecule has 0 amide bonds. The van der Waals surface area contributed by atoms with Crippen molar-refractivity contribution in [3.05, 3.63) is 147 Å². The van der Waals surface area contributed by atoms with E-state index in [1.54, 1.807) is 0 Å². The highest BCUT2D eigenvalue weighted by atomic mass is 16.5. The van der Waals surface area contributed by atoms with Crippen molar-refractivity contribution in [2.75, 3.05) is 4.90 Å². The number of benzene rings is 3. The molecule has 0 N–H and O–H groups in total. The molecular weight excluding hydrogens is 1070 g/mol. The van der Waals surface area contributed by atoms with Crippen LogP contribution in [0.5, 0.6) is 0 Å². The average Bonchev–Trinajstić information content (AvgIpc) is 1.91. The van der Waals surface area contributed by atoms with E-state index >= 15 is 0 Å². The SMILES string of the molecule is CCCCCCCCCCC1(CCCCCCCCCC)OC(=C(C#N)C#N)C(C#N)=C1/C=C/c1ccc(N(c2ccccc2)c2ccc(/C=C/C3=C(C#N)C(=C(C#N)C#N)OC3(CCCCCCCCCC)CCCCCCCCCC)cc2)cc1. The topological polar surface area (TPSA) is 164 Å². The summed E-state index contributed by atoms with van der Waals surface area (Å²) >= 11 is 0. The Balaban J connectivity index is 1.46. The van der Waals surface area contributed by atoms with Crippen LogP contribution >= 0.6 is 0 Å². The Kier molecular flexibility index (Phi) is 32.9. The van der Waals surface area contributed by atoms with Crippen LogP contribution in [0.4, 0.5) is 17.1 Å². The summed E-state index contributed by atoms with van der Waals surface area (Å²) in [6.07, 6.45) is 48.2. The van der Waals surface area contributed by atoms with Gasteiger partial charge >= 0.3 is 0 Å². The number of unbranched alkanes of at least 4 members (excludes halogenated alkanes) is 28. The van der Waals surface area contributed by atoms with Gasteiger partial charge in [-0.15, -0.1) is 0 Å². The van der Waals surface area contributed by atoms with Crippen molar-refractivity contribution < 1.29 is 9.47 Å². The van der Waals surface area contributed by atoms with E-state index in [4.69, 9.17) is 9.47 Å². The van der Waals surface area contributed by atoms with Crippen LogP contribution in [0.25, 0.3) is 12.2 Å². The van der Waals surface area contributed by atoms with Crippen LogP contribution in [-0.2, 0) is 9.47 Å². The molecule has 87 heavy (non-hydrogen) atoms. The number of hydrogen-bond donors (Lipinski definition) is 0. The first kappa shape index (κ1) is 70.2.